The Morgan fingerprint density at radius 2 is 2.21 bits per heavy atom. The minimum absolute atomic E-state index is 0.325. The molecule has 0 bridgehead atoms. The van der Waals surface area contributed by atoms with E-state index < -0.39 is 0 Å². The Morgan fingerprint density at radius 1 is 1.42 bits per heavy atom. The Kier molecular flexibility index (Phi) is 3.29. The molecule has 0 amide bonds. The van der Waals surface area contributed by atoms with Gasteiger partial charge in [0.2, 0.25) is 0 Å². The summed E-state index contributed by atoms with van der Waals surface area (Å²) in [4.78, 5) is 4.39. The van der Waals surface area contributed by atoms with Crippen molar-refractivity contribution < 1.29 is 4.74 Å². The zero-order valence-electron chi connectivity index (χ0n) is 10.5. The van der Waals surface area contributed by atoms with E-state index >= 15 is 0 Å². The van der Waals surface area contributed by atoms with Gasteiger partial charge in [-0.25, -0.2) is 4.98 Å². The molecule has 0 spiro atoms. The fourth-order valence-corrected chi connectivity index (χ4v) is 2.90. The van der Waals surface area contributed by atoms with Crippen LogP contribution in [0.4, 0.5) is 0 Å². The van der Waals surface area contributed by atoms with E-state index in [4.69, 9.17) is 4.74 Å². The normalized spacial score (nSPS) is 18.3. The Hall–Kier alpha value is -1.38. The zero-order chi connectivity index (χ0) is 13.3. The van der Waals surface area contributed by atoms with Crippen LogP contribution in [0.5, 0.6) is 0 Å². The number of nitrogens with zero attached hydrogens (tertiary/aromatic N) is 3. The molecule has 0 saturated carbocycles. The smallest absolute Gasteiger partial charge is 0.0958 e. The van der Waals surface area contributed by atoms with Crippen LogP contribution < -0.4 is 0 Å². The van der Waals surface area contributed by atoms with Crippen molar-refractivity contribution in [3.8, 4) is 6.07 Å². The third-order valence-corrected chi connectivity index (χ3v) is 4.24. The van der Waals surface area contributed by atoms with E-state index in [2.05, 4.69) is 31.6 Å². The Balaban J connectivity index is 1.96. The minimum Gasteiger partial charge on any atom is -0.381 e. The van der Waals surface area contributed by atoms with Crippen LogP contribution in [-0.4, -0.2) is 22.8 Å². The van der Waals surface area contributed by atoms with Crippen LogP contribution in [0.3, 0.4) is 0 Å². The van der Waals surface area contributed by atoms with Gasteiger partial charge < -0.3 is 9.30 Å². The molecular weight excluding hydrogens is 306 g/mol. The van der Waals surface area contributed by atoms with Crippen molar-refractivity contribution >= 4 is 27.0 Å². The molecular formula is C14H14BrN3O. The fourth-order valence-electron chi connectivity index (χ4n) is 2.55. The molecule has 1 aromatic heterocycles. The summed E-state index contributed by atoms with van der Waals surface area (Å²) in [5.74, 6) is 0. The van der Waals surface area contributed by atoms with Crippen LogP contribution in [0.15, 0.2) is 29.0 Å². The topological polar surface area (TPSA) is 50.8 Å². The molecule has 0 aliphatic carbocycles. The summed E-state index contributed by atoms with van der Waals surface area (Å²) in [5, 5.41) is 9.52. The van der Waals surface area contributed by atoms with E-state index in [1.54, 1.807) is 0 Å². The lowest BCUT2D eigenvalue weighted by molar-refractivity contribution is 0.0337. The number of benzene rings is 1. The van der Waals surface area contributed by atoms with E-state index in [1.807, 2.05) is 24.5 Å². The monoisotopic (exact) mass is 319 g/mol. The lowest BCUT2D eigenvalue weighted by Crippen LogP contribution is -2.32. The Bertz CT molecular complexity index is 638. The summed E-state index contributed by atoms with van der Waals surface area (Å²) in [6.45, 7) is 2.02. The first kappa shape index (κ1) is 12.6. The van der Waals surface area contributed by atoms with Crippen molar-refractivity contribution in [3.05, 3.63) is 29.0 Å². The number of nitriles is 1. The molecule has 1 saturated heterocycles. The number of imidazole rings is 1. The fraction of sp³-hybridized carbons (Fsp3) is 0.429. The van der Waals surface area contributed by atoms with Gasteiger partial charge in [-0.1, -0.05) is 15.9 Å². The van der Waals surface area contributed by atoms with E-state index in [0.29, 0.717) is 19.8 Å². The number of hydrogen-bond acceptors (Lipinski definition) is 3. The molecule has 0 N–H and O–H groups in total. The molecule has 4 nitrogen and oxygen atoms in total. The SMILES string of the molecule is N#CC1(Cn2cnc3ccc(Br)cc32)CCOCC1. The number of halogens is 1. The summed E-state index contributed by atoms with van der Waals surface area (Å²) in [5.41, 5.74) is 1.70. The van der Waals surface area contributed by atoms with Gasteiger partial charge in [0.05, 0.1) is 28.8 Å². The van der Waals surface area contributed by atoms with Crippen molar-refractivity contribution in [2.75, 3.05) is 13.2 Å². The highest BCUT2D eigenvalue weighted by Crippen LogP contribution is 2.33. The van der Waals surface area contributed by atoms with E-state index in [0.717, 1.165) is 28.3 Å². The maximum absolute atomic E-state index is 9.52. The lowest BCUT2D eigenvalue weighted by Gasteiger charge is -2.31. The summed E-state index contributed by atoms with van der Waals surface area (Å²) >= 11 is 3.48. The van der Waals surface area contributed by atoms with Gasteiger partial charge in [0.15, 0.2) is 0 Å². The maximum atomic E-state index is 9.52. The Labute approximate surface area is 120 Å². The van der Waals surface area contributed by atoms with Crippen molar-refractivity contribution in [1.82, 2.24) is 9.55 Å². The molecule has 1 aliphatic rings. The average Bonchev–Trinajstić information content (AvgIpc) is 2.82. The molecule has 3 rings (SSSR count). The molecule has 2 heterocycles. The van der Waals surface area contributed by atoms with E-state index in [1.165, 1.54) is 0 Å². The van der Waals surface area contributed by atoms with Crippen LogP contribution in [0, 0.1) is 16.7 Å². The third-order valence-electron chi connectivity index (χ3n) is 3.74. The zero-order valence-corrected chi connectivity index (χ0v) is 12.1. The molecule has 0 unspecified atom stereocenters. The highest BCUT2D eigenvalue weighted by atomic mass is 79.9. The van der Waals surface area contributed by atoms with Crippen molar-refractivity contribution in [3.63, 3.8) is 0 Å². The van der Waals surface area contributed by atoms with Gasteiger partial charge in [0, 0.05) is 24.2 Å². The molecule has 1 aromatic carbocycles. The quantitative estimate of drug-likeness (QED) is 0.854. The van der Waals surface area contributed by atoms with E-state index in [-0.39, 0.29) is 5.41 Å². The molecule has 0 atom stereocenters. The number of rotatable bonds is 2. The number of hydrogen-bond donors (Lipinski definition) is 0. The van der Waals surface area contributed by atoms with Gasteiger partial charge in [-0.3, -0.25) is 0 Å². The lowest BCUT2D eigenvalue weighted by atomic mass is 9.81. The van der Waals surface area contributed by atoms with Crippen LogP contribution in [0.2, 0.25) is 0 Å². The average molecular weight is 320 g/mol. The highest BCUT2D eigenvalue weighted by molar-refractivity contribution is 9.10. The molecule has 5 heteroatoms. The number of ether oxygens (including phenoxy) is 1. The van der Waals surface area contributed by atoms with Gasteiger partial charge in [-0.05, 0) is 31.0 Å². The summed E-state index contributed by atoms with van der Waals surface area (Å²) in [6, 6.07) is 8.51. The predicted octanol–water partition coefficient (Wildman–Crippen LogP) is 3.12. The number of aromatic nitrogens is 2. The Morgan fingerprint density at radius 3 is 2.95 bits per heavy atom. The van der Waals surface area contributed by atoms with Gasteiger partial charge in [0.1, 0.15) is 0 Å². The van der Waals surface area contributed by atoms with Crippen molar-refractivity contribution in [1.29, 1.82) is 5.26 Å². The second-order valence-corrected chi connectivity index (χ2v) is 5.93. The summed E-state index contributed by atoms with van der Waals surface area (Å²) in [7, 11) is 0. The molecule has 1 aliphatic heterocycles. The third kappa shape index (κ3) is 2.38. The van der Waals surface area contributed by atoms with Crippen LogP contribution in [-0.2, 0) is 11.3 Å². The summed E-state index contributed by atoms with van der Waals surface area (Å²) < 4.78 is 8.47. The second-order valence-electron chi connectivity index (χ2n) is 5.01. The van der Waals surface area contributed by atoms with Crippen LogP contribution >= 0.6 is 15.9 Å². The largest absolute Gasteiger partial charge is 0.381 e. The molecule has 98 valence electrons. The molecule has 0 radical (unpaired) electrons. The van der Waals surface area contributed by atoms with Gasteiger partial charge in [-0.2, -0.15) is 5.26 Å². The number of fused-ring (bicyclic) bond motifs is 1. The predicted molar refractivity (Wildman–Crippen MR) is 75.5 cm³/mol. The van der Waals surface area contributed by atoms with Gasteiger partial charge in [-0.15, -0.1) is 0 Å². The minimum atomic E-state index is -0.325. The summed E-state index contributed by atoms with van der Waals surface area (Å²) in [6.07, 6.45) is 3.40. The molecule has 2 aromatic rings. The highest BCUT2D eigenvalue weighted by Gasteiger charge is 2.33. The molecule has 1 fully saturated rings. The first-order valence-electron chi connectivity index (χ1n) is 6.32. The van der Waals surface area contributed by atoms with Crippen LogP contribution in [0.25, 0.3) is 11.0 Å². The first-order valence-corrected chi connectivity index (χ1v) is 7.11. The van der Waals surface area contributed by atoms with Gasteiger partial charge >= 0.3 is 0 Å². The van der Waals surface area contributed by atoms with E-state index in [9.17, 15) is 5.26 Å². The molecule has 19 heavy (non-hydrogen) atoms. The standard InChI is InChI=1S/C14H14BrN3O/c15-11-1-2-12-13(7-11)18(10-17-12)9-14(8-16)3-5-19-6-4-14/h1-2,7,10H,3-6,9H2. The second kappa shape index (κ2) is 4.95. The van der Waals surface area contributed by atoms with Gasteiger partial charge in [0.25, 0.3) is 0 Å². The maximum Gasteiger partial charge on any atom is 0.0958 e. The first-order chi connectivity index (χ1) is 9.22. The van der Waals surface area contributed by atoms with Crippen LogP contribution in [0.1, 0.15) is 12.8 Å². The van der Waals surface area contributed by atoms with Crippen molar-refractivity contribution in [2.45, 2.75) is 19.4 Å². The van der Waals surface area contributed by atoms with Crippen molar-refractivity contribution in [2.24, 2.45) is 5.41 Å².